The lowest BCUT2D eigenvalue weighted by Gasteiger charge is -2.33. The third-order valence-corrected chi connectivity index (χ3v) is 4.01. The summed E-state index contributed by atoms with van der Waals surface area (Å²) in [6.07, 6.45) is 0.315. The second-order valence-corrected chi connectivity index (χ2v) is 6.54. The molecule has 2 rings (SSSR count). The van der Waals surface area contributed by atoms with E-state index in [0.717, 1.165) is 11.3 Å². The van der Waals surface area contributed by atoms with E-state index in [0.29, 0.717) is 18.7 Å². The summed E-state index contributed by atoms with van der Waals surface area (Å²) in [5, 5.41) is 0. The van der Waals surface area contributed by atoms with Crippen LogP contribution in [0.5, 0.6) is 5.75 Å². The lowest BCUT2D eigenvalue weighted by Crippen LogP contribution is -2.45. The van der Waals surface area contributed by atoms with Crippen LogP contribution in [0.3, 0.4) is 0 Å². The Bertz CT molecular complexity index is 588. The van der Waals surface area contributed by atoms with Gasteiger partial charge >= 0.3 is 0 Å². The van der Waals surface area contributed by atoms with Gasteiger partial charge in [0.25, 0.3) is 5.91 Å². The van der Waals surface area contributed by atoms with Gasteiger partial charge in [-0.15, -0.1) is 0 Å². The maximum atomic E-state index is 12.5. The molecular formula is C18H26N2O3. The predicted molar refractivity (Wildman–Crippen MR) is 90.8 cm³/mol. The minimum absolute atomic E-state index is 0.0305. The first kappa shape index (κ1) is 17.3. The molecule has 0 fully saturated rings. The van der Waals surface area contributed by atoms with Crippen LogP contribution in [0, 0.1) is 6.92 Å². The first-order valence-electron chi connectivity index (χ1n) is 8.16. The highest BCUT2D eigenvalue weighted by Crippen LogP contribution is 2.32. The van der Waals surface area contributed by atoms with Gasteiger partial charge in [-0.1, -0.05) is 6.07 Å². The molecule has 0 spiro atoms. The summed E-state index contributed by atoms with van der Waals surface area (Å²) in [6, 6.07) is 6.06. The van der Waals surface area contributed by atoms with Crippen molar-refractivity contribution in [2.45, 2.75) is 53.1 Å². The molecule has 1 heterocycles. The summed E-state index contributed by atoms with van der Waals surface area (Å²) in [6.45, 7) is 10.4. The summed E-state index contributed by atoms with van der Waals surface area (Å²) in [5.74, 6) is 0.680. The molecule has 1 aromatic rings. The first-order valence-corrected chi connectivity index (χ1v) is 8.16. The molecule has 2 amide bonds. The van der Waals surface area contributed by atoms with Crippen molar-refractivity contribution in [2.24, 2.45) is 0 Å². The van der Waals surface area contributed by atoms with Crippen molar-refractivity contribution in [3.8, 4) is 5.75 Å². The van der Waals surface area contributed by atoms with Crippen LogP contribution in [0.25, 0.3) is 0 Å². The van der Waals surface area contributed by atoms with Crippen LogP contribution in [0.2, 0.25) is 0 Å². The standard InChI is InChI=1S/C18H26N2O3/c1-12(2)20(13(3)4)17(21)8-9-19-15-7-6-14(5)10-16(15)23-11-18(19)22/h6-7,10,12-13H,8-9,11H2,1-5H3. The van der Waals surface area contributed by atoms with Crippen molar-refractivity contribution >= 4 is 17.5 Å². The van der Waals surface area contributed by atoms with E-state index < -0.39 is 0 Å². The van der Waals surface area contributed by atoms with E-state index >= 15 is 0 Å². The molecule has 0 unspecified atom stereocenters. The number of benzene rings is 1. The first-order chi connectivity index (χ1) is 10.8. The van der Waals surface area contributed by atoms with Crippen molar-refractivity contribution in [1.82, 2.24) is 4.90 Å². The number of carbonyl (C=O) groups is 2. The molecule has 0 aliphatic carbocycles. The lowest BCUT2D eigenvalue weighted by molar-refractivity contribution is -0.134. The van der Waals surface area contributed by atoms with Gasteiger partial charge in [-0.05, 0) is 52.3 Å². The maximum absolute atomic E-state index is 12.5. The Hall–Kier alpha value is -2.04. The van der Waals surface area contributed by atoms with Crippen LogP contribution in [0.15, 0.2) is 18.2 Å². The van der Waals surface area contributed by atoms with E-state index in [2.05, 4.69) is 0 Å². The number of anilines is 1. The minimum atomic E-state index is -0.102. The molecular weight excluding hydrogens is 292 g/mol. The summed E-state index contributed by atoms with van der Waals surface area (Å²) < 4.78 is 5.49. The molecule has 0 saturated carbocycles. The zero-order valence-corrected chi connectivity index (χ0v) is 14.6. The van der Waals surface area contributed by atoms with Crippen LogP contribution in [0.4, 0.5) is 5.69 Å². The molecule has 126 valence electrons. The van der Waals surface area contributed by atoms with Crippen LogP contribution >= 0.6 is 0 Å². The zero-order chi connectivity index (χ0) is 17.1. The maximum Gasteiger partial charge on any atom is 0.265 e. The number of hydrogen-bond acceptors (Lipinski definition) is 3. The second-order valence-electron chi connectivity index (χ2n) is 6.54. The number of aryl methyl sites for hydroxylation is 1. The Morgan fingerprint density at radius 1 is 1.26 bits per heavy atom. The lowest BCUT2D eigenvalue weighted by atomic mass is 10.1. The van der Waals surface area contributed by atoms with Gasteiger partial charge in [0.1, 0.15) is 5.75 Å². The highest BCUT2D eigenvalue weighted by molar-refractivity contribution is 5.98. The van der Waals surface area contributed by atoms with E-state index in [4.69, 9.17) is 4.74 Å². The van der Waals surface area contributed by atoms with Crippen molar-refractivity contribution in [1.29, 1.82) is 0 Å². The quantitative estimate of drug-likeness (QED) is 0.839. The molecule has 1 aliphatic rings. The van der Waals surface area contributed by atoms with Gasteiger partial charge in [-0.2, -0.15) is 0 Å². The number of nitrogens with zero attached hydrogens (tertiary/aromatic N) is 2. The third kappa shape index (κ3) is 3.84. The van der Waals surface area contributed by atoms with Crippen molar-refractivity contribution in [3.63, 3.8) is 0 Å². The highest BCUT2D eigenvalue weighted by Gasteiger charge is 2.27. The predicted octanol–water partition coefficient (Wildman–Crippen LogP) is 2.76. The Balaban J connectivity index is 2.11. The average Bonchev–Trinajstić information content (AvgIpc) is 2.45. The molecule has 0 N–H and O–H groups in total. The van der Waals surface area contributed by atoms with Crippen molar-refractivity contribution in [3.05, 3.63) is 23.8 Å². The second kappa shape index (κ2) is 7.02. The van der Waals surface area contributed by atoms with E-state index in [9.17, 15) is 9.59 Å². The summed E-state index contributed by atoms with van der Waals surface area (Å²) >= 11 is 0. The monoisotopic (exact) mass is 318 g/mol. The molecule has 0 atom stereocenters. The Morgan fingerprint density at radius 2 is 1.91 bits per heavy atom. The van der Waals surface area contributed by atoms with Crippen molar-refractivity contribution in [2.75, 3.05) is 18.1 Å². The number of ether oxygens (including phenoxy) is 1. The van der Waals surface area contributed by atoms with Crippen LogP contribution in [0.1, 0.15) is 39.7 Å². The summed E-state index contributed by atoms with van der Waals surface area (Å²) in [5.41, 5.74) is 1.83. The fraction of sp³-hybridized carbons (Fsp3) is 0.556. The van der Waals surface area contributed by atoms with Crippen LogP contribution < -0.4 is 9.64 Å². The number of fused-ring (bicyclic) bond motifs is 1. The number of rotatable bonds is 5. The Labute approximate surface area is 138 Å². The largest absolute Gasteiger partial charge is 0.482 e. The van der Waals surface area contributed by atoms with Crippen LogP contribution in [-0.4, -0.2) is 41.9 Å². The van der Waals surface area contributed by atoms with Gasteiger partial charge in [-0.3, -0.25) is 9.59 Å². The van der Waals surface area contributed by atoms with Gasteiger partial charge < -0.3 is 14.5 Å². The van der Waals surface area contributed by atoms with Gasteiger partial charge in [0, 0.05) is 25.0 Å². The highest BCUT2D eigenvalue weighted by atomic mass is 16.5. The third-order valence-electron chi connectivity index (χ3n) is 4.01. The molecule has 0 radical (unpaired) electrons. The van der Waals surface area contributed by atoms with Gasteiger partial charge in [0.15, 0.2) is 6.61 Å². The molecule has 1 aromatic carbocycles. The zero-order valence-electron chi connectivity index (χ0n) is 14.6. The summed E-state index contributed by atoms with van der Waals surface area (Å²) in [7, 11) is 0. The molecule has 5 heteroatoms. The smallest absolute Gasteiger partial charge is 0.265 e. The van der Waals surface area contributed by atoms with E-state index in [1.807, 2.05) is 57.7 Å². The van der Waals surface area contributed by atoms with Crippen LogP contribution in [-0.2, 0) is 9.59 Å². The average molecular weight is 318 g/mol. The molecule has 0 aromatic heterocycles. The normalized spacial score (nSPS) is 14.0. The van der Waals surface area contributed by atoms with E-state index in [-0.39, 0.29) is 30.5 Å². The number of hydrogen-bond donors (Lipinski definition) is 0. The summed E-state index contributed by atoms with van der Waals surface area (Å²) in [4.78, 5) is 28.2. The van der Waals surface area contributed by atoms with E-state index in [1.165, 1.54) is 0 Å². The fourth-order valence-electron chi connectivity index (χ4n) is 3.07. The molecule has 23 heavy (non-hydrogen) atoms. The van der Waals surface area contributed by atoms with E-state index in [1.54, 1.807) is 4.90 Å². The molecule has 0 saturated heterocycles. The van der Waals surface area contributed by atoms with Crippen molar-refractivity contribution < 1.29 is 14.3 Å². The van der Waals surface area contributed by atoms with Gasteiger partial charge in [-0.25, -0.2) is 0 Å². The SMILES string of the molecule is Cc1ccc2c(c1)OCC(=O)N2CCC(=O)N(C(C)C)C(C)C. The molecule has 5 nitrogen and oxygen atoms in total. The van der Waals surface area contributed by atoms with Gasteiger partial charge in [0.2, 0.25) is 5.91 Å². The molecule has 0 bridgehead atoms. The molecule has 1 aliphatic heterocycles. The minimum Gasteiger partial charge on any atom is -0.482 e. The number of carbonyl (C=O) groups excluding carboxylic acids is 2. The fourth-order valence-corrected chi connectivity index (χ4v) is 3.07. The number of amides is 2. The topological polar surface area (TPSA) is 49.9 Å². The Morgan fingerprint density at radius 3 is 2.52 bits per heavy atom. The van der Waals surface area contributed by atoms with Gasteiger partial charge in [0.05, 0.1) is 5.69 Å². The Kier molecular flexibility index (Phi) is 5.29.